The highest BCUT2D eigenvalue weighted by Gasteiger charge is 2.34. The van der Waals surface area contributed by atoms with Gasteiger partial charge in [-0.25, -0.2) is 8.42 Å². The van der Waals surface area contributed by atoms with Gasteiger partial charge >= 0.3 is 0 Å². The van der Waals surface area contributed by atoms with Crippen LogP contribution in [0.1, 0.15) is 25.7 Å². The Balaban J connectivity index is 1.65. The molecule has 1 aliphatic carbocycles. The second-order valence-corrected chi connectivity index (χ2v) is 9.05. The first-order chi connectivity index (χ1) is 12.8. The van der Waals surface area contributed by atoms with Crippen LogP contribution in [-0.4, -0.2) is 60.7 Å². The summed E-state index contributed by atoms with van der Waals surface area (Å²) in [4.78, 5) is 24.6. The number of carbonyl (C=O) groups excluding carboxylic acids is 1. The molecule has 1 saturated carbocycles. The van der Waals surface area contributed by atoms with E-state index in [2.05, 4.69) is 0 Å². The van der Waals surface area contributed by atoms with Crippen molar-refractivity contribution < 1.29 is 18.1 Å². The zero-order valence-corrected chi connectivity index (χ0v) is 15.8. The van der Waals surface area contributed by atoms with Gasteiger partial charge in [0.15, 0.2) is 0 Å². The minimum Gasteiger partial charge on any atom is -0.340 e. The maximum atomic E-state index is 12.8. The summed E-state index contributed by atoms with van der Waals surface area (Å²) in [5, 5.41) is 10.9. The fourth-order valence-corrected chi connectivity index (χ4v) is 5.23. The average molecular weight is 396 g/mol. The van der Waals surface area contributed by atoms with E-state index < -0.39 is 14.9 Å². The SMILES string of the molecule is NC1CCCC(C(=O)N2CCN(S(=O)(=O)c3cccc([N+](=O)[O-])c3)CC2)C1. The number of nitrogens with two attached hydrogens (primary N) is 1. The minimum atomic E-state index is -3.83. The van der Waals surface area contributed by atoms with E-state index in [4.69, 9.17) is 5.73 Å². The van der Waals surface area contributed by atoms with E-state index >= 15 is 0 Å². The van der Waals surface area contributed by atoms with Crippen molar-refractivity contribution in [3.63, 3.8) is 0 Å². The molecule has 1 aromatic carbocycles. The molecular formula is C17H24N4O5S. The highest BCUT2D eigenvalue weighted by atomic mass is 32.2. The maximum Gasteiger partial charge on any atom is 0.270 e. The summed E-state index contributed by atoms with van der Waals surface area (Å²) in [5.41, 5.74) is 5.70. The van der Waals surface area contributed by atoms with Crippen LogP contribution in [0.25, 0.3) is 0 Å². The highest BCUT2D eigenvalue weighted by molar-refractivity contribution is 7.89. The second kappa shape index (κ2) is 7.91. The average Bonchev–Trinajstić information content (AvgIpc) is 2.67. The first-order valence-electron chi connectivity index (χ1n) is 9.08. The number of rotatable bonds is 4. The largest absolute Gasteiger partial charge is 0.340 e. The number of benzene rings is 1. The first-order valence-corrected chi connectivity index (χ1v) is 10.5. The molecule has 2 aliphatic rings. The Bertz CT molecular complexity index is 820. The third-order valence-electron chi connectivity index (χ3n) is 5.28. The quantitative estimate of drug-likeness (QED) is 0.596. The molecule has 1 aromatic rings. The van der Waals surface area contributed by atoms with Crippen molar-refractivity contribution in [3.8, 4) is 0 Å². The summed E-state index contributed by atoms with van der Waals surface area (Å²) in [6.07, 6.45) is 3.40. The number of carbonyl (C=O) groups is 1. The predicted octanol–water partition coefficient (Wildman–Crippen LogP) is 0.945. The van der Waals surface area contributed by atoms with E-state index in [1.807, 2.05) is 0 Å². The van der Waals surface area contributed by atoms with Crippen molar-refractivity contribution in [1.82, 2.24) is 9.21 Å². The number of hydrogen-bond acceptors (Lipinski definition) is 6. The molecule has 1 heterocycles. The Morgan fingerprint density at radius 1 is 1.19 bits per heavy atom. The number of nitro groups is 1. The summed E-state index contributed by atoms with van der Waals surface area (Å²) in [5.74, 6) is -0.0220. The smallest absolute Gasteiger partial charge is 0.270 e. The number of amides is 1. The predicted molar refractivity (Wildman–Crippen MR) is 98.4 cm³/mol. The Labute approximate surface area is 158 Å². The summed E-state index contributed by atoms with van der Waals surface area (Å²) >= 11 is 0. The van der Waals surface area contributed by atoms with Crippen molar-refractivity contribution in [2.75, 3.05) is 26.2 Å². The van der Waals surface area contributed by atoms with E-state index in [1.54, 1.807) is 4.90 Å². The lowest BCUT2D eigenvalue weighted by molar-refractivity contribution is -0.385. The molecule has 2 N–H and O–H groups in total. The maximum absolute atomic E-state index is 12.8. The topological polar surface area (TPSA) is 127 Å². The van der Waals surface area contributed by atoms with Gasteiger partial charge < -0.3 is 10.6 Å². The third kappa shape index (κ3) is 4.28. The summed E-state index contributed by atoms with van der Waals surface area (Å²) in [6, 6.07) is 5.09. The molecule has 2 unspecified atom stereocenters. The zero-order chi connectivity index (χ0) is 19.6. The van der Waals surface area contributed by atoms with Gasteiger partial charge in [0, 0.05) is 50.3 Å². The molecule has 1 amide bonds. The van der Waals surface area contributed by atoms with Gasteiger partial charge in [-0.15, -0.1) is 0 Å². The molecule has 0 radical (unpaired) electrons. The van der Waals surface area contributed by atoms with Crippen LogP contribution < -0.4 is 5.73 Å². The number of hydrogen-bond donors (Lipinski definition) is 1. The second-order valence-electron chi connectivity index (χ2n) is 7.11. The van der Waals surface area contributed by atoms with Crippen LogP contribution in [0.4, 0.5) is 5.69 Å². The molecule has 1 saturated heterocycles. The normalized spacial score (nSPS) is 24.6. The fourth-order valence-electron chi connectivity index (χ4n) is 3.77. The standard InChI is InChI=1S/C17H24N4O5S/c18-14-4-1-3-13(11-14)17(22)19-7-9-20(10-8-19)27(25,26)16-6-2-5-15(12-16)21(23)24/h2,5-6,12-14H,1,3-4,7-11,18H2. The molecule has 1 aliphatic heterocycles. The molecule has 27 heavy (non-hydrogen) atoms. The molecule has 2 atom stereocenters. The molecule has 0 spiro atoms. The number of non-ortho nitro benzene ring substituents is 1. The van der Waals surface area contributed by atoms with Crippen molar-refractivity contribution in [3.05, 3.63) is 34.4 Å². The molecule has 0 bridgehead atoms. The van der Waals surface area contributed by atoms with Crippen molar-refractivity contribution in [2.45, 2.75) is 36.6 Å². The minimum absolute atomic E-state index is 0.0533. The van der Waals surface area contributed by atoms with Crippen LogP contribution in [0.5, 0.6) is 0 Å². The molecule has 2 fully saturated rings. The molecule has 148 valence electrons. The number of nitrogens with zero attached hydrogens (tertiary/aromatic N) is 3. The van der Waals surface area contributed by atoms with Crippen LogP contribution in [0.2, 0.25) is 0 Å². The van der Waals surface area contributed by atoms with Crippen LogP contribution in [-0.2, 0) is 14.8 Å². The van der Waals surface area contributed by atoms with Gasteiger partial charge in [0.1, 0.15) is 0 Å². The van der Waals surface area contributed by atoms with Gasteiger partial charge in [-0.2, -0.15) is 4.31 Å². The third-order valence-corrected chi connectivity index (χ3v) is 7.18. The van der Waals surface area contributed by atoms with Crippen LogP contribution >= 0.6 is 0 Å². The van der Waals surface area contributed by atoms with Gasteiger partial charge in [0.2, 0.25) is 15.9 Å². The van der Waals surface area contributed by atoms with Crippen LogP contribution in [0.3, 0.4) is 0 Å². The lowest BCUT2D eigenvalue weighted by Crippen LogP contribution is -2.52. The van der Waals surface area contributed by atoms with E-state index in [1.165, 1.54) is 22.5 Å². The lowest BCUT2D eigenvalue weighted by Gasteiger charge is -2.37. The summed E-state index contributed by atoms with van der Waals surface area (Å²) < 4.78 is 26.8. The van der Waals surface area contributed by atoms with Gasteiger partial charge in [0.05, 0.1) is 9.82 Å². The zero-order valence-electron chi connectivity index (χ0n) is 15.0. The van der Waals surface area contributed by atoms with Crippen molar-refractivity contribution in [1.29, 1.82) is 0 Å². The molecule has 9 nitrogen and oxygen atoms in total. The monoisotopic (exact) mass is 396 g/mol. The molecule has 3 rings (SSSR count). The van der Waals surface area contributed by atoms with Gasteiger partial charge in [0.25, 0.3) is 5.69 Å². The number of piperazine rings is 1. The van der Waals surface area contributed by atoms with Crippen LogP contribution in [0.15, 0.2) is 29.2 Å². The number of sulfonamides is 1. The Morgan fingerprint density at radius 2 is 1.89 bits per heavy atom. The Morgan fingerprint density at radius 3 is 2.52 bits per heavy atom. The summed E-state index contributed by atoms with van der Waals surface area (Å²) in [7, 11) is -3.83. The van der Waals surface area contributed by atoms with Gasteiger partial charge in [-0.3, -0.25) is 14.9 Å². The number of nitro benzene ring substituents is 1. The molecule has 10 heteroatoms. The Kier molecular flexibility index (Phi) is 5.78. The molecular weight excluding hydrogens is 372 g/mol. The summed E-state index contributed by atoms with van der Waals surface area (Å²) in [6.45, 7) is 0.989. The fraction of sp³-hybridized carbons (Fsp3) is 0.588. The first kappa shape index (κ1) is 19.7. The van der Waals surface area contributed by atoms with Gasteiger partial charge in [-0.05, 0) is 25.3 Å². The molecule has 0 aromatic heterocycles. The van der Waals surface area contributed by atoms with Crippen LogP contribution in [0, 0.1) is 16.0 Å². The Hall–Kier alpha value is -2.04. The van der Waals surface area contributed by atoms with Crippen molar-refractivity contribution >= 4 is 21.6 Å². The van der Waals surface area contributed by atoms with Gasteiger partial charge in [-0.1, -0.05) is 12.5 Å². The lowest BCUT2D eigenvalue weighted by atomic mass is 9.85. The van der Waals surface area contributed by atoms with E-state index in [0.717, 1.165) is 25.3 Å². The van der Waals surface area contributed by atoms with E-state index in [9.17, 15) is 23.3 Å². The highest BCUT2D eigenvalue weighted by Crippen LogP contribution is 2.26. The van der Waals surface area contributed by atoms with Crippen molar-refractivity contribution in [2.24, 2.45) is 11.7 Å². The van der Waals surface area contributed by atoms with E-state index in [0.29, 0.717) is 19.5 Å². The van der Waals surface area contributed by atoms with E-state index in [-0.39, 0.29) is 41.5 Å².